The lowest BCUT2D eigenvalue weighted by molar-refractivity contribution is 0.717. The maximum absolute atomic E-state index is 5.90. The lowest BCUT2D eigenvalue weighted by Gasteiger charge is -2.09. The summed E-state index contributed by atoms with van der Waals surface area (Å²) >= 11 is 3.37. The smallest absolute Gasteiger partial charge is 0.157 e. The summed E-state index contributed by atoms with van der Waals surface area (Å²) in [6, 6.07) is 0. The van der Waals surface area contributed by atoms with Crippen LogP contribution in [0.15, 0.2) is 10.9 Å². The van der Waals surface area contributed by atoms with E-state index in [-0.39, 0.29) is 0 Å². The Bertz CT molecular complexity index is 516. The van der Waals surface area contributed by atoms with E-state index in [1.165, 1.54) is 6.33 Å². The average Bonchev–Trinajstić information content (AvgIpc) is 2.62. The third-order valence-corrected chi connectivity index (χ3v) is 3.02. The Morgan fingerprint density at radius 2 is 2.18 bits per heavy atom. The van der Waals surface area contributed by atoms with Crippen molar-refractivity contribution < 1.29 is 0 Å². The zero-order valence-corrected chi connectivity index (χ0v) is 11.3. The first kappa shape index (κ1) is 12.0. The van der Waals surface area contributed by atoms with Crippen LogP contribution in [-0.4, -0.2) is 25.0 Å². The van der Waals surface area contributed by atoms with Gasteiger partial charge in [0.15, 0.2) is 4.60 Å². The lowest BCUT2D eigenvalue weighted by atomic mass is 10.1. The van der Waals surface area contributed by atoms with E-state index in [4.69, 9.17) is 5.73 Å². The van der Waals surface area contributed by atoms with Gasteiger partial charge in [-0.1, -0.05) is 18.6 Å². The Hall–Kier alpha value is -1.50. The monoisotopic (exact) mass is 296 g/mol. The van der Waals surface area contributed by atoms with Crippen molar-refractivity contribution >= 4 is 21.7 Å². The fourth-order valence-electron chi connectivity index (χ4n) is 1.71. The molecule has 0 fully saturated rings. The van der Waals surface area contributed by atoms with Gasteiger partial charge in [-0.05, 0) is 22.4 Å². The van der Waals surface area contributed by atoms with Gasteiger partial charge < -0.3 is 5.73 Å². The minimum Gasteiger partial charge on any atom is -0.383 e. The summed E-state index contributed by atoms with van der Waals surface area (Å²) in [4.78, 5) is 8.33. The topological polar surface area (TPSA) is 82.5 Å². The number of nitrogens with two attached hydrogens (primary N) is 1. The van der Waals surface area contributed by atoms with Gasteiger partial charge in [-0.2, -0.15) is 0 Å². The van der Waals surface area contributed by atoms with Crippen molar-refractivity contribution in [3.63, 3.8) is 0 Å². The number of hydrogen-bond acceptors (Lipinski definition) is 5. The summed E-state index contributed by atoms with van der Waals surface area (Å²) in [5.41, 5.74) is 8.45. The molecule has 0 atom stereocenters. The highest BCUT2D eigenvalue weighted by atomic mass is 79.9. The Balaban J connectivity index is 2.63. The molecule has 0 bridgehead atoms. The Morgan fingerprint density at radius 3 is 2.76 bits per heavy atom. The average molecular weight is 297 g/mol. The molecule has 2 rings (SSSR count). The molecule has 0 aromatic carbocycles. The van der Waals surface area contributed by atoms with Crippen LogP contribution in [0.4, 0.5) is 5.82 Å². The van der Waals surface area contributed by atoms with Crippen LogP contribution in [0.2, 0.25) is 0 Å². The van der Waals surface area contributed by atoms with E-state index >= 15 is 0 Å². The molecule has 0 spiro atoms. The number of nitrogen functional groups attached to an aromatic ring is 1. The second-order valence-electron chi connectivity index (χ2n) is 3.69. The highest BCUT2D eigenvalue weighted by Crippen LogP contribution is 2.29. The molecule has 0 aliphatic rings. The first-order chi connectivity index (χ1) is 8.15. The third-order valence-electron chi connectivity index (χ3n) is 2.49. The van der Waals surface area contributed by atoms with Gasteiger partial charge in [-0.3, -0.25) is 0 Å². The first-order valence-corrected chi connectivity index (χ1v) is 6.09. The summed E-state index contributed by atoms with van der Waals surface area (Å²) in [6.07, 6.45) is 3.27. The van der Waals surface area contributed by atoms with Crippen molar-refractivity contribution in [1.82, 2.24) is 25.0 Å². The maximum Gasteiger partial charge on any atom is 0.157 e. The number of nitrogens with zero attached hydrogens (tertiary/aromatic N) is 5. The fraction of sp³-hybridized carbons (Fsp3) is 0.400. The second kappa shape index (κ2) is 4.79. The molecule has 17 heavy (non-hydrogen) atoms. The number of aromatic nitrogens is 5. The van der Waals surface area contributed by atoms with E-state index in [0.29, 0.717) is 10.4 Å². The SMILES string of the molecule is CCCc1c(N)ncnc1-c1c(Br)nnn1C. The number of rotatable bonds is 3. The van der Waals surface area contributed by atoms with Crippen molar-refractivity contribution in [3.05, 3.63) is 16.5 Å². The van der Waals surface area contributed by atoms with Crippen LogP contribution in [0.5, 0.6) is 0 Å². The molecule has 90 valence electrons. The molecule has 0 aliphatic heterocycles. The fourth-order valence-corrected chi connectivity index (χ4v) is 2.22. The van der Waals surface area contributed by atoms with Crippen molar-refractivity contribution in [2.24, 2.45) is 7.05 Å². The molecule has 0 aliphatic carbocycles. The molecule has 0 amide bonds. The normalized spacial score (nSPS) is 10.8. The van der Waals surface area contributed by atoms with Crippen LogP contribution >= 0.6 is 15.9 Å². The van der Waals surface area contributed by atoms with Crippen LogP contribution < -0.4 is 5.73 Å². The minimum atomic E-state index is 0.518. The maximum atomic E-state index is 5.90. The highest BCUT2D eigenvalue weighted by Gasteiger charge is 2.17. The van der Waals surface area contributed by atoms with E-state index < -0.39 is 0 Å². The first-order valence-electron chi connectivity index (χ1n) is 5.30. The van der Waals surface area contributed by atoms with Crippen molar-refractivity contribution in [2.45, 2.75) is 19.8 Å². The summed E-state index contributed by atoms with van der Waals surface area (Å²) in [5.74, 6) is 0.518. The third kappa shape index (κ3) is 2.14. The van der Waals surface area contributed by atoms with Gasteiger partial charge in [-0.15, -0.1) is 5.10 Å². The molecule has 0 unspecified atom stereocenters. The number of anilines is 1. The summed E-state index contributed by atoms with van der Waals surface area (Å²) in [6.45, 7) is 2.09. The van der Waals surface area contributed by atoms with Crippen molar-refractivity contribution in [2.75, 3.05) is 5.73 Å². The Morgan fingerprint density at radius 1 is 1.41 bits per heavy atom. The molecule has 2 aromatic heterocycles. The minimum absolute atomic E-state index is 0.518. The van der Waals surface area contributed by atoms with Crippen LogP contribution in [0.1, 0.15) is 18.9 Å². The van der Waals surface area contributed by atoms with Gasteiger partial charge in [0.25, 0.3) is 0 Å². The Kier molecular flexibility index (Phi) is 3.37. The second-order valence-corrected chi connectivity index (χ2v) is 4.44. The van der Waals surface area contributed by atoms with E-state index in [1.54, 1.807) is 4.68 Å². The predicted molar refractivity (Wildman–Crippen MR) is 68.1 cm³/mol. The van der Waals surface area contributed by atoms with Gasteiger partial charge in [0.1, 0.15) is 17.8 Å². The number of aryl methyl sites for hydroxylation is 1. The van der Waals surface area contributed by atoms with E-state index in [9.17, 15) is 0 Å². The van der Waals surface area contributed by atoms with E-state index in [1.807, 2.05) is 7.05 Å². The molecule has 2 N–H and O–H groups in total. The number of halogens is 1. The lowest BCUT2D eigenvalue weighted by Crippen LogP contribution is -2.05. The number of hydrogen-bond donors (Lipinski definition) is 1. The van der Waals surface area contributed by atoms with E-state index in [0.717, 1.165) is 29.8 Å². The molecule has 0 radical (unpaired) electrons. The molecule has 0 saturated carbocycles. The standard InChI is InChI=1S/C10H13BrN6/c1-3-4-6-7(13-5-14-10(6)12)8-9(11)15-16-17(8)2/h5H,3-4H2,1-2H3,(H2,12,13,14). The molecule has 0 saturated heterocycles. The van der Waals surface area contributed by atoms with Gasteiger partial charge in [0, 0.05) is 12.6 Å². The van der Waals surface area contributed by atoms with Gasteiger partial charge >= 0.3 is 0 Å². The molecule has 2 heterocycles. The predicted octanol–water partition coefficient (Wildman–Crippen LogP) is 1.57. The van der Waals surface area contributed by atoms with Gasteiger partial charge in [0.05, 0.1) is 5.69 Å². The highest BCUT2D eigenvalue weighted by molar-refractivity contribution is 9.10. The Labute approximate surface area is 107 Å². The molecule has 7 heteroatoms. The van der Waals surface area contributed by atoms with Crippen molar-refractivity contribution in [1.29, 1.82) is 0 Å². The van der Waals surface area contributed by atoms with E-state index in [2.05, 4.69) is 43.1 Å². The van der Waals surface area contributed by atoms with Gasteiger partial charge in [-0.25, -0.2) is 14.6 Å². The molecular formula is C10H13BrN6. The van der Waals surface area contributed by atoms with Crippen molar-refractivity contribution in [3.8, 4) is 11.4 Å². The summed E-state index contributed by atoms with van der Waals surface area (Å²) in [7, 11) is 1.82. The van der Waals surface area contributed by atoms with Crippen LogP contribution in [0, 0.1) is 0 Å². The van der Waals surface area contributed by atoms with Crippen LogP contribution in [0.3, 0.4) is 0 Å². The molecule has 2 aromatic rings. The van der Waals surface area contributed by atoms with Crippen LogP contribution in [0.25, 0.3) is 11.4 Å². The van der Waals surface area contributed by atoms with Gasteiger partial charge in [0.2, 0.25) is 0 Å². The van der Waals surface area contributed by atoms with Crippen LogP contribution in [-0.2, 0) is 13.5 Å². The largest absolute Gasteiger partial charge is 0.383 e. The zero-order chi connectivity index (χ0) is 12.4. The summed E-state index contributed by atoms with van der Waals surface area (Å²) < 4.78 is 2.33. The summed E-state index contributed by atoms with van der Waals surface area (Å²) in [5, 5.41) is 7.89. The molecular weight excluding hydrogens is 284 g/mol. The zero-order valence-electron chi connectivity index (χ0n) is 9.68. The molecule has 6 nitrogen and oxygen atoms in total. The quantitative estimate of drug-likeness (QED) is 0.929.